The zero-order chi connectivity index (χ0) is 18.1. The zero-order valence-corrected chi connectivity index (χ0v) is 15.4. The van der Waals surface area contributed by atoms with Crippen molar-refractivity contribution < 1.29 is 8.42 Å². The van der Waals surface area contributed by atoms with Gasteiger partial charge in [-0.3, -0.25) is 0 Å². The summed E-state index contributed by atoms with van der Waals surface area (Å²) in [5, 5.41) is 3.98. The summed E-state index contributed by atoms with van der Waals surface area (Å²) in [6, 6.07) is 23.8. The molecule has 3 aromatic carbocycles. The standard InChI is InChI=1S/C20H17ClN2O2S/c21-17-12-10-16(11-13-17)20-22-18-8-4-5-9-19(18)26(24,25)23(20)14-15-6-2-1-3-7-15/h1-13,20,22H,14H2/t20-/m1/s1. The summed E-state index contributed by atoms with van der Waals surface area (Å²) in [7, 11) is -3.65. The highest BCUT2D eigenvalue weighted by Crippen LogP contribution is 2.39. The Bertz CT molecular complexity index is 1020. The lowest BCUT2D eigenvalue weighted by atomic mass is 10.1. The van der Waals surface area contributed by atoms with E-state index in [4.69, 9.17) is 11.6 Å². The minimum Gasteiger partial charge on any atom is -0.364 e. The van der Waals surface area contributed by atoms with Gasteiger partial charge in [-0.25, -0.2) is 8.42 Å². The lowest BCUT2D eigenvalue weighted by Crippen LogP contribution is -2.42. The number of fused-ring (bicyclic) bond motifs is 1. The third-order valence-electron chi connectivity index (χ3n) is 4.42. The highest BCUT2D eigenvalue weighted by atomic mass is 35.5. The molecule has 0 aliphatic carbocycles. The number of sulfonamides is 1. The summed E-state index contributed by atoms with van der Waals surface area (Å²) < 4.78 is 28.1. The van der Waals surface area contributed by atoms with Crippen molar-refractivity contribution in [2.75, 3.05) is 5.32 Å². The van der Waals surface area contributed by atoms with E-state index in [2.05, 4.69) is 5.32 Å². The average molecular weight is 385 g/mol. The third-order valence-corrected chi connectivity index (χ3v) is 6.54. The van der Waals surface area contributed by atoms with Gasteiger partial charge in [-0.15, -0.1) is 0 Å². The molecule has 0 aromatic heterocycles. The first kappa shape index (κ1) is 17.1. The Kier molecular flexibility index (Phi) is 4.44. The summed E-state index contributed by atoms with van der Waals surface area (Å²) >= 11 is 6.00. The highest BCUT2D eigenvalue weighted by molar-refractivity contribution is 7.89. The lowest BCUT2D eigenvalue weighted by molar-refractivity contribution is 0.336. The van der Waals surface area contributed by atoms with Gasteiger partial charge < -0.3 is 5.32 Å². The van der Waals surface area contributed by atoms with Gasteiger partial charge in [-0.05, 0) is 35.4 Å². The number of hydrogen-bond acceptors (Lipinski definition) is 3. The molecule has 0 bridgehead atoms. The molecule has 1 heterocycles. The van der Waals surface area contributed by atoms with E-state index in [-0.39, 0.29) is 6.54 Å². The maximum Gasteiger partial charge on any atom is 0.247 e. The molecule has 0 amide bonds. The van der Waals surface area contributed by atoms with E-state index >= 15 is 0 Å². The van der Waals surface area contributed by atoms with E-state index in [1.54, 1.807) is 30.3 Å². The second-order valence-electron chi connectivity index (χ2n) is 6.13. The first-order chi connectivity index (χ1) is 12.6. The van der Waals surface area contributed by atoms with Gasteiger partial charge in [0.2, 0.25) is 10.0 Å². The van der Waals surface area contributed by atoms with Gasteiger partial charge in [0.05, 0.1) is 5.69 Å². The van der Waals surface area contributed by atoms with E-state index < -0.39 is 16.2 Å². The predicted octanol–water partition coefficient (Wildman–Crippen LogP) is 4.66. The number of anilines is 1. The van der Waals surface area contributed by atoms with Crippen LogP contribution in [-0.2, 0) is 16.6 Å². The molecule has 4 nitrogen and oxygen atoms in total. The molecule has 26 heavy (non-hydrogen) atoms. The van der Waals surface area contributed by atoms with Crippen LogP contribution in [-0.4, -0.2) is 12.7 Å². The summed E-state index contributed by atoms with van der Waals surface area (Å²) in [6.07, 6.45) is -0.507. The van der Waals surface area contributed by atoms with Gasteiger partial charge in [-0.2, -0.15) is 4.31 Å². The zero-order valence-electron chi connectivity index (χ0n) is 13.8. The van der Waals surface area contributed by atoms with E-state index in [0.717, 1.165) is 11.1 Å². The van der Waals surface area contributed by atoms with Gasteiger partial charge in [0.15, 0.2) is 0 Å². The van der Waals surface area contributed by atoms with Crippen molar-refractivity contribution in [3.63, 3.8) is 0 Å². The molecule has 4 rings (SSSR count). The Balaban J connectivity index is 1.83. The number of nitrogens with one attached hydrogen (secondary N) is 1. The predicted molar refractivity (Wildman–Crippen MR) is 103 cm³/mol. The molecule has 1 aliphatic heterocycles. The van der Waals surface area contributed by atoms with Gasteiger partial charge >= 0.3 is 0 Å². The Morgan fingerprint density at radius 2 is 1.54 bits per heavy atom. The minimum atomic E-state index is -3.65. The summed E-state index contributed by atoms with van der Waals surface area (Å²) in [5.74, 6) is 0. The van der Waals surface area contributed by atoms with Crippen molar-refractivity contribution in [3.8, 4) is 0 Å². The second-order valence-corrected chi connectivity index (χ2v) is 8.43. The van der Waals surface area contributed by atoms with Gasteiger partial charge in [0.25, 0.3) is 0 Å². The Hall–Kier alpha value is -2.34. The average Bonchev–Trinajstić information content (AvgIpc) is 2.66. The highest BCUT2D eigenvalue weighted by Gasteiger charge is 2.38. The van der Waals surface area contributed by atoms with Crippen LogP contribution in [0.2, 0.25) is 5.02 Å². The third kappa shape index (κ3) is 3.09. The maximum absolute atomic E-state index is 13.3. The van der Waals surface area contributed by atoms with E-state index in [9.17, 15) is 8.42 Å². The molecular weight excluding hydrogens is 368 g/mol. The van der Waals surface area contributed by atoms with E-state index in [1.165, 1.54) is 4.31 Å². The number of hydrogen-bond donors (Lipinski definition) is 1. The molecule has 0 saturated carbocycles. The second kappa shape index (κ2) is 6.76. The van der Waals surface area contributed by atoms with Crippen LogP contribution in [0.5, 0.6) is 0 Å². The van der Waals surface area contributed by atoms with Crippen molar-refractivity contribution in [2.45, 2.75) is 17.6 Å². The number of benzene rings is 3. The van der Waals surface area contributed by atoms with Crippen LogP contribution < -0.4 is 5.32 Å². The molecule has 3 aromatic rings. The molecule has 0 spiro atoms. The molecule has 1 aliphatic rings. The van der Waals surface area contributed by atoms with Gasteiger partial charge in [0, 0.05) is 11.6 Å². The Morgan fingerprint density at radius 1 is 0.885 bits per heavy atom. The first-order valence-electron chi connectivity index (χ1n) is 8.22. The van der Waals surface area contributed by atoms with E-state index in [0.29, 0.717) is 15.6 Å². The van der Waals surface area contributed by atoms with E-state index in [1.807, 2.05) is 48.5 Å². The molecule has 1 atom stereocenters. The monoisotopic (exact) mass is 384 g/mol. The number of para-hydroxylation sites is 1. The van der Waals surface area contributed by atoms with Crippen LogP contribution in [0.1, 0.15) is 17.3 Å². The molecule has 1 N–H and O–H groups in total. The van der Waals surface area contributed by atoms with Gasteiger partial charge in [-0.1, -0.05) is 66.2 Å². The lowest BCUT2D eigenvalue weighted by Gasteiger charge is -2.37. The quantitative estimate of drug-likeness (QED) is 0.714. The molecular formula is C20H17ClN2O2S. The minimum absolute atomic E-state index is 0.276. The summed E-state index contributed by atoms with van der Waals surface area (Å²) in [5.41, 5.74) is 2.37. The maximum atomic E-state index is 13.3. The SMILES string of the molecule is O=S1(=O)c2ccccc2N[C@@H](c2ccc(Cl)cc2)N1Cc1ccccc1. The number of rotatable bonds is 3. The van der Waals surface area contributed by atoms with Crippen LogP contribution in [0.4, 0.5) is 5.69 Å². The number of nitrogens with zero attached hydrogens (tertiary/aromatic N) is 1. The summed E-state index contributed by atoms with van der Waals surface area (Å²) in [6.45, 7) is 0.276. The van der Waals surface area contributed by atoms with Gasteiger partial charge in [0.1, 0.15) is 11.1 Å². The fraction of sp³-hybridized carbons (Fsp3) is 0.100. The van der Waals surface area contributed by atoms with Crippen molar-refractivity contribution >= 4 is 27.3 Å². The van der Waals surface area contributed by atoms with Crippen molar-refractivity contribution in [2.24, 2.45) is 0 Å². The fourth-order valence-electron chi connectivity index (χ4n) is 3.13. The van der Waals surface area contributed by atoms with Crippen LogP contribution in [0.25, 0.3) is 0 Å². The van der Waals surface area contributed by atoms with Crippen LogP contribution in [0, 0.1) is 0 Å². The topological polar surface area (TPSA) is 49.4 Å². The fourth-order valence-corrected chi connectivity index (χ4v) is 4.93. The number of halogens is 1. The Labute approximate surface area is 158 Å². The largest absolute Gasteiger partial charge is 0.364 e. The smallest absolute Gasteiger partial charge is 0.247 e. The normalized spacial score (nSPS) is 18.7. The summed E-state index contributed by atoms with van der Waals surface area (Å²) in [4.78, 5) is 0.293. The van der Waals surface area contributed by atoms with Crippen molar-refractivity contribution in [3.05, 3.63) is 95.0 Å². The van der Waals surface area contributed by atoms with Crippen LogP contribution >= 0.6 is 11.6 Å². The molecule has 0 radical (unpaired) electrons. The van der Waals surface area contributed by atoms with Crippen molar-refractivity contribution in [1.82, 2.24) is 4.31 Å². The molecule has 6 heteroatoms. The Morgan fingerprint density at radius 3 is 2.27 bits per heavy atom. The van der Waals surface area contributed by atoms with Crippen LogP contribution in [0.3, 0.4) is 0 Å². The molecule has 0 unspecified atom stereocenters. The van der Waals surface area contributed by atoms with Crippen LogP contribution in [0.15, 0.2) is 83.8 Å². The molecule has 132 valence electrons. The first-order valence-corrected chi connectivity index (χ1v) is 10.0. The van der Waals surface area contributed by atoms with Crippen molar-refractivity contribution in [1.29, 1.82) is 0 Å². The molecule has 0 saturated heterocycles. The molecule has 0 fully saturated rings.